The van der Waals surface area contributed by atoms with Gasteiger partial charge in [-0.3, -0.25) is 9.69 Å². The van der Waals surface area contributed by atoms with Crippen molar-refractivity contribution < 1.29 is 14.3 Å². The molecule has 5 nitrogen and oxygen atoms in total. The molecule has 1 atom stereocenters. The Kier molecular flexibility index (Phi) is 6.28. The zero-order chi connectivity index (χ0) is 16.8. The molecule has 0 saturated carbocycles. The third-order valence-electron chi connectivity index (χ3n) is 4.60. The molecule has 1 aromatic rings. The summed E-state index contributed by atoms with van der Waals surface area (Å²) in [5, 5.41) is 3.07. The maximum Gasteiger partial charge on any atom is 0.255 e. The summed E-state index contributed by atoms with van der Waals surface area (Å²) in [7, 11) is 3.16. The van der Waals surface area contributed by atoms with Crippen LogP contribution >= 0.6 is 0 Å². The molecule has 2 rings (SSSR count). The van der Waals surface area contributed by atoms with Crippen LogP contribution in [0.4, 0.5) is 0 Å². The molecule has 0 aromatic heterocycles. The first kappa shape index (κ1) is 17.6. The Morgan fingerprint density at radius 3 is 2.70 bits per heavy atom. The number of nitrogens with zero attached hydrogens (tertiary/aromatic N) is 1. The summed E-state index contributed by atoms with van der Waals surface area (Å²) in [6.07, 6.45) is 3.19. The van der Waals surface area contributed by atoms with Gasteiger partial charge in [-0.05, 0) is 50.0 Å². The van der Waals surface area contributed by atoms with E-state index < -0.39 is 0 Å². The lowest BCUT2D eigenvalue weighted by Gasteiger charge is -2.23. The van der Waals surface area contributed by atoms with Crippen molar-refractivity contribution in [1.29, 1.82) is 0 Å². The number of carbonyl (C=O) groups excluding carboxylic acids is 1. The van der Waals surface area contributed by atoms with E-state index in [-0.39, 0.29) is 5.91 Å². The van der Waals surface area contributed by atoms with Crippen molar-refractivity contribution in [3.8, 4) is 11.5 Å². The molecule has 1 aliphatic rings. The zero-order valence-electron chi connectivity index (χ0n) is 14.6. The highest BCUT2D eigenvalue weighted by atomic mass is 16.5. The molecule has 1 aliphatic heterocycles. The normalized spacial score (nSPS) is 18.0. The molecule has 1 amide bonds. The predicted octanol–water partition coefficient (Wildman–Crippen LogP) is 2.48. The van der Waals surface area contributed by atoms with Gasteiger partial charge >= 0.3 is 0 Å². The monoisotopic (exact) mass is 320 g/mol. The minimum Gasteiger partial charge on any atom is -0.493 e. The fraction of sp³-hybridized carbons (Fsp3) is 0.611. The lowest BCUT2D eigenvalue weighted by molar-refractivity contribution is 0.0937. The van der Waals surface area contributed by atoms with E-state index in [2.05, 4.69) is 24.1 Å². The Hall–Kier alpha value is -1.75. The highest BCUT2D eigenvalue weighted by Crippen LogP contribution is 2.33. The lowest BCUT2D eigenvalue weighted by Crippen LogP contribution is -2.40. The second-order valence-corrected chi connectivity index (χ2v) is 5.87. The van der Waals surface area contributed by atoms with Crippen LogP contribution in [0.2, 0.25) is 0 Å². The molecule has 23 heavy (non-hydrogen) atoms. The van der Waals surface area contributed by atoms with Gasteiger partial charge in [-0.15, -0.1) is 0 Å². The topological polar surface area (TPSA) is 50.8 Å². The van der Waals surface area contributed by atoms with E-state index >= 15 is 0 Å². The van der Waals surface area contributed by atoms with Gasteiger partial charge in [0.2, 0.25) is 0 Å². The van der Waals surface area contributed by atoms with Crippen molar-refractivity contribution in [2.75, 3.05) is 33.9 Å². The number of rotatable bonds is 7. The van der Waals surface area contributed by atoms with Crippen molar-refractivity contribution in [2.45, 2.75) is 39.2 Å². The molecule has 1 N–H and O–H groups in total. The molecule has 1 saturated heterocycles. The number of methoxy groups -OCH3 is 2. The maximum absolute atomic E-state index is 12.6. The molecule has 1 aromatic carbocycles. The van der Waals surface area contributed by atoms with E-state index in [9.17, 15) is 4.79 Å². The Bertz CT molecular complexity index is 545. The van der Waals surface area contributed by atoms with Gasteiger partial charge in [0.05, 0.1) is 19.8 Å². The van der Waals surface area contributed by atoms with Crippen molar-refractivity contribution in [2.24, 2.45) is 0 Å². The third kappa shape index (κ3) is 3.96. The summed E-state index contributed by atoms with van der Waals surface area (Å²) in [6.45, 7) is 7.05. The van der Waals surface area contributed by atoms with E-state index in [1.165, 1.54) is 6.42 Å². The molecule has 128 valence electrons. The average molecular weight is 320 g/mol. The highest BCUT2D eigenvalue weighted by molar-refractivity contribution is 5.98. The van der Waals surface area contributed by atoms with E-state index in [1.807, 2.05) is 12.1 Å². The number of carbonyl (C=O) groups is 1. The SMILES string of the molecule is CCc1cc(OC)c(OC)c(C(=O)NCC2CCCN2CC)c1. The van der Waals surface area contributed by atoms with Gasteiger partial charge in [0, 0.05) is 12.6 Å². The van der Waals surface area contributed by atoms with Crippen LogP contribution in [0.5, 0.6) is 11.5 Å². The minimum atomic E-state index is -0.0987. The number of hydrogen-bond acceptors (Lipinski definition) is 4. The Morgan fingerprint density at radius 1 is 1.30 bits per heavy atom. The molecule has 1 fully saturated rings. The third-order valence-corrected chi connectivity index (χ3v) is 4.60. The lowest BCUT2D eigenvalue weighted by atomic mass is 10.1. The average Bonchev–Trinajstić information content (AvgIpc) is 3.05. The smallest absolute Gasteiger partial charge is 0.255 e. The maximum atomic E-state index is 12.6. The fourth-order valence-corrected chi connectivity index (χ4v) is 3.24. The molecule has 0 radical (unpaired) electrons. The number of ether oxygens (including phenoxy) is 2. The van der Waals surface area contributed by atoms with Crippen LogP contribution in [0, 0.1) is 0 Å². The van der Waals surface area contributed by atoms with Gasteiger partial charge in [0.25, 0.3) is 5.91 Å². The van der Waals surface area contributed by atoms with Gasteiger partial charge < -0.3 is 14.8 Å². The molecule has 0 spiro atoms. The van der Waals surface area contributed by atoms with Gasteiger partial charge in [0.1, 0.15) is 0 Å². The quantitative estimate of drug-likeness (QED) is 0.838. The van der Waals surface area contributed by atoms with Crippen molar-refractivity contribution in [3.05, 3.63) is 23.3 Å². The van der Waals surface area contributed by atoms with Crippen LogP contribution in [0.15, 0.2) is 12.1 Å². The summed E-state index contributed by atoms with van der Waals surface area (Å²) < 4.78 is 10.8. The number of likely N-dealkylation sites (tertiary alicyclic amines) is 1. The van der Waals surface area contributed by atoms with Gasteiger partial charge in [-0.1, -0.05) is 13.8 Å². The Morgan fingerprint density at radius 2 is 2.09 bits per heavy atom. The van der Waals surface area contributed by atoms with Crippen molar-refractivity contribution in [1.82, 2.24) is 10.2 Å². The van der Waals surface area contributed by atoms with Crippen LogP contribution in [0.1, 0.15) is 42.6 Å². The van der Waals surface area contributed by atoms with Crippen LogP contribution in [-0.4, -0.2) is 50.7 Å². The second kappa shape index (κ2) is 8.20. The first-order chi connectivity index (χ1) is 11.1. The molecular formula is C18H28N2O3. The number of benzene rings is 1. The largest absolute Gasteiger partial charge is 0.493 e. The molecule has 1 unspecified atom stereocenters. The Labute approximate surface area is 139 Å². The molecule has 0 bridgehead atoms. The first-order valence-corrected chi connectivity index (χ1v) is 8.41. The van der Waals surface area contributed by atoms with E-state index in [0.29, 0.717) is 29.6 Å². The first-order valence-electron chi connectivity index (χ1n) is 8.41. The fourth-order valence-electron chi connectivity index (χ4n) is 3.24. The number of nitrogens with one attached hydrogen (secondary N) is 1. The molecular weight excluding hydrogens is 292 g/mol. The summed E-state index contributed by atoms with van der Waals surface area (Å²) >= 11 is 0. The number of aryl methyl sites for hydroxylation is 1. The van der Waals surface area contributed by atoms with Crippen molar-refractivity contribution in [3.63, 3.8) is 0 Å². The van der Waals surface area contributed by atoms with Gasteiger partial charge in [0.15, 0.2) is 11.5 Å². The predicted molar refractivity (Wildman–Crippen MR) is 91.5 cm³/mol. The standard InChI is InChI=1S/C18H28N2O3/c1-5-13-10-15(17(23-4)16(11-13)22-3)18(21)19-12-14-8-7-9-20(14)6-2/h10-11,14H,5-9,12H2,1-4H3,(H,19,21). The molecule has 5 heteroatoms. The van der Waals surface area contributed by atoms with Gasteiger partial charge in [-0.25, -0.2) is 0 Å². The van der Waals surface area contributed by atoms with E-state index in [4.69, 9.17) is 9.47 Å². The number of hydrogen-bond donors (Lipinski definition) is 1. The van der Waals surface area contributed by atoms with E-state index in [0.717, 1.165) is 31.5 Å². The molecule has 1 heterocycles. The number of likely N-dealkylation sites (N-methyl/N-ethyl adjacent to an activating group) is 1. The van der Waals surface area contributed by atoms with Crippen LogP contribution in [0.25, 0.3) is 0 Å². The summed E-state index contributed by atoms with van der Waals surface area (Å²) in [5.41, 5.74) is 1.61. The van der Waals surface area contributed by atoms with Crippen LogP contribution < -0.4 is 14.8 Å². The van der Waals surface area contributed by atoms with Crippen LogP contribution in [0.3, 0.4) is 0 Å². The van der Waals surface area contributed by atoms with E-state index in [1.54, 1.807) is 14.2 Å². The van der Waals surface area contributed by atoms with Gasteiger partial charge in [-0.2, -0.15) is 0 Å². The minimum absolute atomic E-state index is 0.0987. The highest BCUT2D eigenvalue weighted by Gasteiger charge is 2.24. The van der Waals surface area contributed by atoms with Crippen molar-refractivity contribution >= 4 is 5.91 Å². The summed E-state index contributed by atoms with van der Waals surface area (Å²) in [5.74, 6) is 1.01. The Balaban J connectivity index is 2.14. The van der Waals surface area contributed by atoms with Crippen LogP contribution in [-0.2, 0) is 6.42 Å². The zero-order valence-corrected chi connectivity index (χ0v) is 14.6. The second-order valence-electron chi connectivity index (χ2n) is 5.87. The molecule has 0 aliphatic carbocycles. The summed E-state index contributed by atoms with van der Waals surface area (Å²) in [4.78, 5) is 15.1. The summed E-state index contributed by atoms with van der Waals surface area (Å²) in [6, 6.07) is 4.25. The number of amides is 1.